The zero-order valence-electron chi connectivity index (χ0n) is 18.3. The zero-order valence-corrected chi connectivity index (χ0v) is 18.3. The summed E-state index contributed by atoms with van der Waals surface area (Å²) in [5, 5.41) is 0.0787. The van der Waals surface area contributed by atoms with Gasteiger partial charge in [0.2, 0.25) is 5.76 Å². The Morgan fingerprint density at radius 2 is 1.85 bits per heavy atom. The molecule has 1 unspecified atom stereocenters. The molecule has 0 fully saturated rings. The van der Waals surface area contributed by atoms with Crippen molar-refractivity contribution in [1.82, 2.24) is 0 Å². The van der Waals surface area contributed by atoms with E-state index >= 15 is 0 Å². The van der Waals surface area contributed by atoms with Gasteiger partial charge >= 0.3 is 0 Å². The Morgan fingerprint density at radius 3 is 2.59 bits per heavy atom. The molecule has 0 saturated carbocycles. The molecule has 3 aromatic carbocycles. The predicted octanol–water partition coefficient (Wildman–Crippen LogP) is 5.26. The number of carbonyl (C=O) groups excluding carboxylic acids is 1. The van der Waals surface area contributed by atoms with E-state index in [2.05, 4.69) is 6.58 Å². The molecule has 1 amide bonds. The second-order valence-corrected chi connectivity index (χ2v) is 7.76. The Balaban J connectivity index is 1.73. The van der Waals surface area contributed by atoms with Gasteiger partial charge in [-0.2, -0.15) is 0 Å². The van der Waals surface area contributed by atoms with Crippen molar-refractivity contribution < 1.29 is 23.1 Å². The average molecular weight is 457 g/mol. The lowest BCUT2D eigenvalue weighted by molar-refractivity contribution is 0.0971. The maximum atomic E-state index is 13.9. The topological polar surface area (TPSA) is 69.0 Å². The summed E-state index contributed by atoms with van der Waals surface area (Å²) in [5.74, 6) is 0.0786. The fourth-order valence-electron chi connectivity index (χ4n) is 4.19. The highest BCUT2D eigenvalue weighted by molar-refractivity contribution is 6.10. The first-order chi connectivity index (χ1) is 16.5. The van der Waals surface area contributed by atoms with E-state index in [0.29, 0.717) is 29.4 Å². The van der Waals surface area contributed by atoms with Crippen LogP contribution >= 0.6 is 0 Å². The number of ether oxygens (including phenoxy) is 2. The second kappa shape index (κ2) is 8.51. The average Bonchev–Trinajstić information content (AvgIpc) is 3.16. The van der Waals surface area contributed by atoms with Crippen LogP contribution in [0, 0.1) is 5.82 Å². The molecule has 0 aliphatic carbocycles. The van der Waals surface area contributed by atoms with E-state index in [1.54, 1.807) is 54.6 Å². The van der Waals surface area contributed by atoms with Crippen molar-refractivity contribution in [3.63, 3.8) is 0 Å². The van der Waals surface area contributed by atoms with Crippen molar-refractivity contribution in [3.8, 4) is 11.5 Å². The number of anilines is 1. The van der Waals surface area contributed by atoms with E-state index in [9.17, 15) is 14.0 Å². The van der Waals surface area contributed by atoms with Gasteiger partial charge in [0.1, 0.15) is 29.5 Å². The number of hydrogen-bond acceptors (Lipinski definition) is 5. The summed E-state index contributed by atoms with van der Waals surface area (Å²) < 4.78 is 30.7. The molecule has 34 heavy (non-hydrogen) atoms. The predicted molar refractivity (Wildman–Crippen MR) is 126 cm³/mol. The molecule has 1 aromatic heterocycles. The molecule has 0 radical (unpaired) electrons. The minimum Gasteiger partial charge on any atom is -0.497 e. The maximum absolute atomic E-state index is 13.9. The van der Waals surface area contributed by atoms with Gasteiger partial charge in [0.05, 0.1) is 24.1 Å². The van der Waals surface area contributed by atoms with Crippen LogP contribution in [0.5, 0.6) is 11.5 Å². The van der Waals surface area contributed by atoms with Gasteiger partial charge in [-0.1, -0.05) is 30.9 Å². The Kier molecular flexibility index (Phi) is 5.37. The van der Waals surface area contributed by atoms with E-state index in [1.807, 2.05) is 0 Å². The number of halogens is 1. The minimum absolute atomic E-state index is 0.0658. The summed E-state index contributed by atoms with van der Waals surface area (Å²) in [5.41, 5.74) is 1.06. The van der Waals surface area contributed by atoms with E-state index in [0.717, 1.165) is 6.07 Å². The number of amides is 1. The van der Waals surface area contributed by atoms with Gasteiger partial charge in [-0.25, -0.2) is 4.39 Å². The molecule has 170 valence electrons. The SMILES string of the molecule is C=CCOc1ccc(C2c3c(oc4ccc(F)cc4c3=O)C(=O)N2c2cccc(OC)c2)cc1. The number of rotatable bonds is 6. The van der Waals surface area contributed by atoms with Crippen LogP contribution in [0.15, 0.2) is 88.6 Å². The lowest BCUT2D eigenvalue weighted by Crippen LogP contribution is -2.29. The van der Waals surface area contributed by atoms with Crippen LogP contribution in [0.1, 0.15) is 27.7 Å². The van der Waals surface area contributed by atoms with E-state index in [-0.39, 0.29) is 22.3 Å². The van der Waals surface area contributed by atoms with Crippen LogP contribution in [-0.4, -0.2) is 19.6 Å². The third kappa shape index (κ3) is 3.51. The summed E-state index contributed by atoms with van der Waals surface area (Å²) in [6.45, 7) is 3.99. The van der Waals surface area contributed by atoms with Crippen LogP contribution < -0.4 is 19.8 Å². The van der Waals surface area contributed by atoms with Crippen LogP contribution in [0.25, 0.3) is 11.0 Å². The Hall–Kier alpha value is -4.39. The summed E-state index contributed by atoms with van der Waals surface area (Å²) >= 11 is 0. The number of fused-ring (bicyclic) bond motifs is 2. The molecule has 5 rings (SSSR count). The number of methoxy groups -OCH3 is 1. The smallest absolute Gasteiger partial charge is 0.295 e. The minimum atomic E-state index is -0.785. The highest BCUT2D eigenvalue weighted by Gasteiger charge is 2.43. The molecular formula is C27H20FNO5. The number of carbonyl (C=O) groups is 1. The maximum Gasteiger partial charge on any atom is 0.295 e. The molecule has 1 aliphatic rings. The van der Waals surface area contributed by atoms with Crippen LogP contribution in [0.3, 0.4) is 0 Å². The first-order valence-corrected chi connectivity index (χ1v) is 10.6. The fraction of sp³-hybridized carbons (Fsp3) is 0.111. The molecule has 0 N–H and O–H groups in total. The molecular weight excluding hydrogens is 437 g/mol. The lowest BCUT2D eigenvalue weighted by Gasteiger charge is -2.25. The first-order valence-electron chi connectivity index (χ1n) is 10.6. The lowest BCUT2D eigenvalue weighted by atomic mass is 9.98. The standard InChI is InChI=1S/C27H20FNO5/c1-3-13-33-19-10-7-16(8-11-19)24-23-25(30)21-14-17(28)9-12-22(21)34-26(23)27(31)29(24)18-5-4-6-20(15-18)32-2/h3-12,14-15,24H,1,13H2,2H3. The summed E-state index contributed by atoms with van der Waals surface area (Å²) in [6, 6.07) is 17.0. The molecule has 2 heterocycles. The number of nitrogens with zero attached hydrogens (tertiary/aromatic N) is 1. The highest BCUT2D eigenvalue weighted by Crippen LogP contribution is 2.42. The monoisotopic (exact) mass is 457 g/mol. The molecule has 6 nitrogen and oxygen atoms in total. The second-order valence-electron chi connectivity index (χ2n) is 7.76. The molecule has 1 atom stereocenters. The van der Waals surface area contributed by atoms with Gasteiger partial charge in [0.15, 0.2) is 5.43 Å². The third-order valence-electron chi connectivity index (χ3n) is 5.73. The Morgan fingerprint density at radius 1 is 1.06 bits per heavy atom. The van der Waals surface area contributed by atoms with E-state index in [4.69, 9.17) is 13.9 Å². The van der Waals surface area contributed by atoms with Crippen molar-refractivity contribution in [2.24, 2.45) is 0 Å². The van der Waals surface area contributed by atoms with E-state index in [1.165, 1.54) is 24.1 Å². The highest BCUT2D eigenvalue weighted by atomic mass is 19.1. The molecule has 4 aromatic rings. The molecule has 0 saturated heterocycles. The Labute approximate surface area is 194 Å². The van der Waals surface area contributed by atoms with Crippen molar-refractivity contribution in [3.05, 3.63) is 112 Å². The van der Waals surface area contributed by atoms with E-state index < -0.39 is 23.2 Å². The third-order valence-corrected chi connectivity index (χ3v) is 5.73. The van der Waals surface area contributed by atoms with Crippen LogP contribution in [0.2, 0.25) is 0 Å². The summed E-state index contributed by atoms with van der Waals surface area (Å²) in [7, 11) is 1.53. The first kappa shape index (κ1) is 21.5. The van der Waals surface area contributed by atoms with Gasteiger partial charge in [0.25, 0.3) is 5.91 Å². The fourth-order valence-corrected chi connectivity index (χ4v) is 4.19. The van der Waals surface area contributed by atoms with Crippen LogP contribution in [-0.2, 0) is 0 Å². The van der Waals surface area contributed by atoms with Crippen molar-refractivity contribution in [1.29, 1.82) is 0 Å². The van der Waals surface area contributed by atoms with Gasteiger partial charge in [-0.15, -0.1) is 0 Å². The van der Waals surface area contributed by atoms with Crippen molar-refractivity contribution in [2.45, 2.75) is 6.04 Å². The van der Waals surface area contributed by atoms with Crippen molar-refractivity contribution in [2.75, 3.05) is 18.6 Å². The largest absolute Gasteiger partial charge is 0.497 e. The quantitative estimate of drug-likeness (QED) is 0.370. The normalized spacial score (nSPS) is 14.8. The van der Waals surface area contributed by atoms with Crippen LogP contribution in [0.4, 0.5) is 10.1 Å². The zero-order chi connectivity index (χ0) is 23.8. The van der Waals surface area contributed by atoms with Gasteiger partial charge < -0.3 is 13.9 Å². The Bertz CT molecular complexity index is 1480. The molecule has 7 heteroatoms. The molecule has 1 aliphatic heterocycles. The van der Waals surface area contributed by atoms with Crippen molar-refractivity contribution >= 4 is 22.6 Å². The molecule has 0 spiro atoms. The number of benzene rings is 3. The summed E-state index contributed by atoms with van der Waals surface area (Å²) in [6.07, 6.45) is 1.64. The van der Waals surface area contributed by atoms with Gasteiger partial charge in [-0.3, -0.25) is 14.5 Å². The van der Waals surface area contributed by atoms with Gasteiger partial charge in [-0.05, 0) is 48.0 Å². The van der Waals surface area contributed by atoms with Gasteiger partial charge in [0, 0.05) is 11.8 Å². The summed E-state index contributed by atoms with van der Waals surface area (Å²) in [4.78, 5) is 28.6. The molecule has 0 bridgehead atoms. The number of hydrogen-bond donors (Lipinski definition) is 0.